The molecule has 1 amide bonds. The lowest BCUT2D eigenvalue weighted by Crippen LogP contribution is -2.55. The van der Waals surface area contributed by atoms with Crippen molar-refractivity contribution in [2.75, 3.05) is 19.7 Å². The first-order valence-corrected chi connectivity index (χ1v) is 4.79. The Morgan fingerprint density at radius 3 is 2.54 bits per heavy atom. The molecule has 3 N–H and O–H groups in total. The van der Waals surface area contributed by atoms with Gasteiger partial charge < -0.3 is 15.7 Å². The number of aliphatic hydroxyl groups excluding tert-OH is 1. The first kappa shape index (κ1) is 10.5. The maximum Gasteiger partial charge on any atom is 0.216 e. The van der Waals surface area contributed by atoms with Gasteiger partial charge in [-0.15, -0.1) is 0 Å². The number of carbonyl (C=O) groups is 1. The molecule has 4 nitrogen and oxygen atoms in total. The molecule has 0 atom stereocenters. The summed E-state index contributed by atoms with van der Waals surface area (Å²) in [7, 11) is 0. The molecule has 0 unspecified atom stereocenters. The van der Waals surface area contributed by atoms with Crippen LogP contribution in [0.15, 0.2) is 0 Å². The van der Waals surface area contributed by atoms with Gasteiger partial charge in [0.15, 0.2) is 0 Å². The third-order valence-corrected chi connectivity index (χ3v) is 2.61. The summed E-state index contributed by atoms with van der Waals surface area (Å²) < 4.78 is 0. The van der Waals surface area contributed by atoms with Crippen LogP contribution in [0.3, 0.4) is 0 Å². The fourth-order valence-corrected chi connectivity index (χ4v) is 1.56. The Kier molecular flexibility index (Phi) is 3.69. The summed E-state index contributed by atoms with van der Waals surface area (Å²) >= 11 is 0. The molecule has 0 spiro atoms. The lowest BCUT2D eigenvalue weighted by molar-refractivity contribution is -0.118. The minimum atomic E-state index is -0.0432. The monoisotopic (exact) mass is 186 g/mol. The molecule has 1 fully saturated rings. The van der Waals surface area contributed by atoms with Gasteiger partial charge in [0.05, 0.1) is 6.61 Å². The average molecular weight is 186 g/mol. The predicted octanol–water partition coefficient (Wildman–Crippen LogP) is -0.373. The highest BCUT2D eigenvalue weighted by atomic mass is 16.3. The Labute approximate surface area is 78.7 Å². The van der Waals surface area contributed by atoms with E-state index >= 15 is 0 Å². The van der Waals surface area contributed by atoms with Crippen LogP contribution in [0.4, 0.5) is 0 Å². The molecule has 0 aromatic heterocycles. The second-order valence-electron chi connectivity index (χ2n) is 3.70. The van der Waals surface area contributed by atoms with Crippen LogP contribution in [0.25, 0.3) is 0 Å². The van der Waals surface area contributed by atoms with E-state index < -0.39 is 0 Å². The summed E-state index contributed by atoms with van der Waals surface area (Å²) in [5, 5.41) is 15.1. The van der Waals surface area contributed by atoms with Crippen molar-refractivity contribution in [2.24, 2.45) is 0 Å². The molecule has 0 heterocycles. The zero-order valence-corrected chi connectivity index (χ0v) is 8.10. The van der Waals surface area contributed by atoms with Crippen LogP contribution >= 0.6 is 0 Å². The SMILES string of the molecule is CC(=O)NCCNC1(CO)CCC1. The molecule has 0 aromatic rings. The molecule has 4 heteroatoms. The minimum Gasteiger partial charge on any atom is -0.394 e. The fraction of sp³-hybridized carbons (Fsp3) is 0.889. The molecule has 0 bridgehead atoms. The number of rotatable bonds is 5. The van der Waals surface area contributed by atoms with Gasteiger partial charge in [-0.3, -0.25) is 4.79 Å². The van der Waals surface area contributed by atoms with Gasteiger partial charge in [0.2, 0.25) is 5.91 Å². The molecular formula is C9H18N2O2. The molecule has 0 radical (unpaired) electrons. The topological polar surface area (TPSA) is 61.4 Å². The van der Waals surface area contributed by atoms with Gasteiger partial charge in [-0.25, -0.2) is 0 Å². The van der Waals surface area contributed by atoms with E-state index in [1.807, 2.05) is 0 Å². The second-order valence-corrected chi connectivity index (χ2v) is 3.70. The molecule has 1 saturated carbocycles. The summed E-state index contributed by atoms with van der Waals surface area (Å²) in [6.07, 6.45) is 3.28. The number of hydrogen-bond donors (Lipinski definition) is 3. The summed E-state index contributed by atoms with van der Waals surface area (Å²) in [6, 6.07) is 0. The quantitative estimate of drug-likeness (QED) is 0.513. The van der Waals surface area contributed by atoms with E-state index in [0.717, 1.165) is 19.4 Å². The zero-order valence-electron chi connectivity index (χ0n) is 8.10. The van der Waals surface area contributed by atoms with Gasteiger partial charge in [0, 0.05) is 25.6 Å². The van der Waals surface area contributed by atoms with Gasteiger partial charge >= 0.3 is 0 Å². The molecule has 0 aromatic carbocycles. The second kappa shape index (κ2) is 4.58. The lowest BCUT2D eigenvalue weighted by atomic mass is 9.77. The van der Waals surface area contributed by atoms with Crippen molar-refractivity contribution in [3.8, 4) is 0 Å². The third-order valence-electron chi connectivity index (χ3n) is 2.61. The fourth-order valence-electron chi connectivity index (χ4n) is 1.56. The highest BCUT2D eigenvalue weighted by Crippen LogP contribution is 2.30. The van der Waals surface area contributed by atoms with Crippen LogP contribution < -0.4 is 10.6 Å². The van der Waals surface area contributed by atoms with Gasteiger partial charge in [-0.2, -0.15) is 0 Å². The first-order valence-electron chi connectivity index (χ1n) is 4.79. The zero-order chi connectivity index (χ0) is 9.73. The Morgan fingerprint density at radius 2 is 2.15 bits per heavy atom. The van der Waals surface area contributed by atoms with Crippen LogP contribution in [-0.4, -0.2) is 36.2 Å². The number of hydrogen-bond acceptors (Lipinski definition) is 3. The summed E-state index contributed by atoms with van der Waals surface area (Å²) in [4.78, 5) is 10.5. The van der Waals surface area contributed by atoms with Crippen molar-refractivity contribution in [2.45, 2.75) is 31.7 Å². The van der Waals surface area contributed by atoms with E-state index in [1.165, 1.54) is 13.3 Å². The number of amides is 1. The molecule has 13 heavy (non-hydrogen) atoms. The van der Waals surface area contributed by atoms with Gasteiger partial charge in [-0.05, 0) is 19.3 Å². The van der Waals surface area contributed by atoms with E-state index in [1.54, 1.807) is 0 Å². The van der Waals surface area contributed by atoms with Crippen LogP contribution in [0.1, 0.15) is 26.2 Å². The van der Waals surface area contributed by atoms with E-state index in [0.29, 0.717) is 6.54 Å². The lowest BCUT2D eigenvalue weighted by Gasteiger charge is -2.41. The van der Waals surface area contributed by atoms with Crippen LogP contribution in [0.5, 0.6) is 0 Å². The predicted molar refractivity (Wildman–Crippen MR) is 50.4 cm³/mol. The highest BCUT2D eigenvalue weighted by Gasteiger charge is 2.35. The highest BCUT2D eigenvalue weighted by molar-refractivity contribution is 5.72. The molecule has 1 aliphatic carbocycles. The standard InChI is InChI=1S/C9H18N2O2/c1-8(13)10-5-6-11-9(7-12)3-2-4-9/h11-12H,2-7H2,1H3,(H,10,13). The van der Waals surface area contributed by atoms with Crippen molar-refractivity contribution < 1.29 is 9.90 Å². The molecule has 1 rings (SSSR count). The minimum absolute atomic E-state index is 0.00606. The average Bonchev–Trinajstić information content (AvgIpc) is 2.01. The normalized spacial score (nSPS) is 19.2. The molecular weight excluding hydrogens is 168 g/mol. The van der Waals surface area contributed by atoms with Crippen molar-refractivity contribution in [1.82, 2.24) is 10.6 Å². The smallest absolute Gasteiger partial charge is 0.216 e. The molecule has 0 saturated heterocycles. The number of aliphatic hydroxyl groups is 1. The Balaban J connectivity index is 2.07. The Morgan fingerprint density at radius 1 is 1.46 bits per heavy atom. The van der Waals surface area contributed by atoms with Crippen molar-refractivity contribution in [3.05, 3.63) is 0 Å². The van der Waals surface area contributed by atoms with Gasteiger partial charge in [0.1, 0.15) is 0 Å². The van der Waals surface area contributed by atoms with E-state index in [-0.39, 0.29) is 18.1 Å². The largest absolute Gasteiger partial charge is 0.394 e. The first-order chi connectivity index (χ1) is 6.18. The Hall–Kier alpha value is -0.610. The number of nitrogens with one attached hydrogen (secondary N) is 2. The van der Waals surface area contributed by atoms with Gasteiger partial charge in [-0.1, -0.05) is 0 Å². The van der Waals surface area contributed by atoms with E-state index in [9.17, 15) is 4.79 Å². The van der Waals surface area contributed by atoms with E-state index in [4.69, 9.17) is 5.11 Å². The van der Waals surface area contributed by atoms with E-state index in [2.05, 4.69) is 10.6 Å². The summed E-state index contributed by atoms with van der Waals surface area (Å²) in [5.41, 5.74) is -0.0432. The van der Waals surface area contributed by atoms with Crippen molar-refractivity contribution in [3.63, 3.8) is 0 Å². The maximum atomic E-state index is 10.5. The third kappa shape index (κ3) is 2.97. The maximum absolute atomic E-state index is 10.5. The molecule has 1 aliphatic rings. The Bertz CT molecular complexity index is 173. The summed E-state index contributed by atoms with van der Waals surface area (Å²) in [6.45, 7) is 3.08. The molecule has 76 valence electrons. The van der Waals surface area contributed by atoms with Crippen molar-refractivity contribution >= 4 is 5.91 Å². The van der Waals surface area contributed by atoms with Gasteiger partial charge in [0.25, 0.3) is 0 Å². The number of carbonyl (C=O) groups excluding carboxylic acids is 1. The van der Waals surface area contributed by atoms with Crippen LogP contribution in [0.2, 0.25) is 0 Å². The summed E-state index contributed by atoms with van der Waals surface area (Å²) in [5.74, 6) is -0.00606. The van der Waals surface area contributed by atoms with Crippen LogP contribution in [0, 0.1) is 0 Å². The molecule has 0 aliphatic heterocycles. The van der Waals surface area contributed by atoms with Crippen LogP contribution in [-0.2, 0) is 4.79 Å². The van der Waals surface area contributed by atoms with Crippen molar-refractivity contribution in [1.29, 1.82) is 0 Å².